The zero-order valence-corrected chi connectivity index (χ0v) is 18.8. The monoisotopic (exact) mass is 527 g/mol. The normalized spacial score (nSPS) is 11.5. The van der Waals surface area contributed by atoms with E-state index in [0.717, 1.165) is 6.07 Å². The predicted octanol–water partition coefficient (Wildman–Crippen LogP) is 4.79. The lowest BCUT2D eigenvalue weighted by Crippen LogP contribution is -2.19. The highest BCUT2D eigenvalue weighted by Gasteiger charge is 2.22. The van der Waals surface area contributed by atoms with Gasteiger partial charge in [-0.3, -0.25) is 10.1 Å². The Labute approximate surface area is 194 Å². The van der Waals surface area contributed by atoms with Gasteiger partial charge in [0.2, 0.25) is 5.82 Å². The minimum atomic E-state index is -3.19. The Kier molecular flexibility index (Phi) is 7.12. The molecule has 9 nitrogen and oxygen atoms in total. The smallest absolute Gasteiger partial charge is 0.387 e. The number of pyridine rings is 1. The van der Waals surface area contributed by atoms with Crippen molar-refractivity contribution in [2.45, 2.75) is 32.6 Å². The van der Waals surface area contributed by atoms with Crippen molar-refractivity contribution in [3.63, 3.8) is 0 Å². The van der Waals surface area contributed by atoms with Gasteiger partial charge in [-0.15, -0.1) is 0 Å². The fraction of sp³-hybridized carbons (Fsp3) is 0.250. The molecule has 0 aliphatic heterocycles. The van der Waals surface area contributed by atoms with Crippen LogP contribution in [0, 0.1) is 15.9 Å². The lowest BCUT2D eigenvalue weighted by atomic mass is 10.1. The summed E-state index contributed by atoms with van der Waals surface area (Å²) in [6, 6.07) is 4.91. The Hall–Kier alpha value is -3.32. The molecule has 0 aliphatic rings. The molecule has 174 valence electrons. The number of rotatable bonds is 8. The fourth-order valence-corrected chi connectivity index (χ4v) is 3.16. The molecular weight excluding hydrogens is 511 g/mol. The van der Waals surface area contributed by atoms with Crippen LogP contribution in [0.3, 0.4) is 0 Å². The van der Waals surface area contributed by atoms with Gasteiger partial charge in [-0.25, -0.2) is 19.3 Å². The van der Waals surface area contributed by atoms with Crippen LogP contribution in [-0.2, 0) is 12.1 Å². The van der Waals surface area contributed by atoms with Crippen molar-refractivity contribution >= 4 is 27.4 Å². The lowest BCUT2D eigenvalue weighted by molar-refractivity contribution is -0.384. The number of nitro groups is 1. The highest BCUT2D eigenvalue weighted by Crippen LogP contribution is 2.32. The number of ether oxygens (including phenoxy) is 1. The second-order valence-corrected chi connectivity index (χ2v) is 8.10. The maximum atomic E-state index is 14.5. The highest BCUT2D eigenvalue weighted by atomic mass is 79.9. The van der Waals surface area contributed by atoms with Crippen molar-refractivity contribution in [3.05, 3.63) is 68.5 Å². The van der Waals surface area contributed by atoms with Crippen molar-refractivity contribution in [2.24, 2.45) is 0 Å². The number of aromatic nitrogens is 3. The molecule has 1 aromatic carbocycles. The lowest BCUT2D eigenvalue weighted by Gasteiger charge is -2.15. The quantitative estimate of drug-likeness (QED) is 0.316. The molecule has 3 rings (SSSR count). The van der Waals surface area contributed by atoms with Crippen LogP contribution in [0.15, 0.2) is 41.1 Å². The van der Waals surface area contributed by atoms with Crippen LogP contribution in [0.5, 0.6) is 5.75 Å². The van der Waals surface area contributed by atoms with Crippen molar-refractivity contribution in [3.8, 4) is 17.0 Å². The molecule has 0 saturated heterocycles. The Morgan fingerprint density at radius 1 is 1.24 bits per heavy atom. The van der Waals surface area contributed by atoms with Crippen molar-refractivity contribution in [1.82, 2.24) is 15.0 Å². The second-order valence-electron chi connectivity index (χ2n) is 7.25. The number of hydrogen-bond acceptors (Lipinski definition) is 8. The number of anilines is 1. The molecule has 2 aromatic heterocycles. The van der Waals surface area contributed by atoms with E-state index in [1.807, 2.05) is 0 Å². The van der Waals surface area contributed by atoms with Gasteiger partial charge in [0, 0.05) is 30.6 Å². The van der Waals surface area contributed by atoms with E-state index in [-0.39, 0.29) is 27.4 Å². The number of alkyl halides is 2. The van der Waals surface area contributed by atoms with Gasteiger partial charge >= 0.3 is 12.3 Å². The first-order valence-corrected chi connectivity index (χ1v) is 10.1. The molecular formula is C20H17BrF3N5O4. The molecule has 33 heavy (non-hydrogen) atoms. The summed E-state index contributed by atoms with van der Waals surface area (Å²) in [6.07, 6.45) is 2.78. The van der Waals surface area contributed by atoms with E-state index in [9.17, 15) is 28.4 Å². The fourth-order valence-electron chi connectivity index (χ4n) is 2.78. The molecule has 0 unspecified atom stereocenters. The van der Waals surface area contributed by atoms with Gasteiger partial charge in [0.05, 0.1) is 20.7 Å². The van der Waals surface area contributed by atoms with Crippen molar-refractivity contribution in [2.75, 3.05) is 5.32 Å². The zero-order chi connectivity index (χ0) is 24.3. The molecule has 0 saturated carbocycles. The molecule has 0 bridgehead atoms. The summed E-state index contributed by atoms with van der Waals surface area (Å²) in [5.74, 6) is -1.35. The minimum Gasteiger partial charge on any atom is -0.434 e. The Bertz CT molecular complexity index is 1170. The van der Waals surface area contributed by atoms with Crippen molar-refractivity contribution in [1.29, 1.82) is 0 Å². The van der Waals surface area contributed by atoms with Crippen LogP contribution in [0.1, 0.15) is 25.2 Å². The maximum absolute atomic E-state index is 14.5. The summed E-state index contributed by atoms with van der Waals surface area (Å²) in [6.45, 7) is -0.590. The molecule has 0 amide bonds. The predicted molar refractivity (Wildman–Crippen MR) is 115 cm³/mol. The number of nitrogens with one attached hydrogen (secondary N) is 1. The zero-order valence-electron chi connectivity index (χ0n) is 17.2. The standard InChI is InChI=1S/C20H17BrF3N5O4/c1-20(2,30)18-26-7-10(8-27-18)13-4-5-14(29(31)32)17(28-13)25-9-11-15(33-19(23)24)6-3-12(21)16(11)22/h3-8,19,30H,9H2,1-2H3,(H,25,28). The third kappa shape index (κ3) is 5.73. The van der Waals surface area contributed by atoms with Crippen LogP contribution in [0.4, 0.5) is 24.7 Å². The molecule has 13 heteroatoms. The minimum absolute atomic E-state index is 0.00109. The van der Waals surface area contributed by atoms with Gasteiger partial charge < -0.3 is 15.2 Å². The Balaban J connectivity index is 1.95. The van der Waals surface area contributed by atoms with E-state index < -0.39 is 40.9 Å². The largest absolute Gasteiger partial charge is 0.434 e. The van der Waals surface area contributed by atoms with E-state index >= 15 is 0 Å². The maximum Gasteiger partial charge on any atom is 0.387 e. The summed E-state index contributed by atoms with van der Waals surface area (Å²) in [5, 5.41) is 24.0. The third-order valence-electron chi connectivity index (χ3n) is 4.37. The summed E-state index contributed by atoms with van der Waals surface area (Å²) in [4.78, 5) is 23.1. The van der Waals surface area contributed by atoms with Crippen LogP contribution in [0.25, 0.3) is 11.3 Å². The first-order chi connectivity index (χ1) is 15.5. The van der Waals surface area contributed by atoms with Crippen LogP contribution >= 0.6 is 15.9 Å². The first-order valence-electron chi connectivity index (χ1n) is 9.33. The van der Waals surface area contributed by atoms with Gasteiger partial charge in [0.25, 0.3) is 0 Å². The summed E-state index contributed by atoms with van der Waals surface area (Å²) < 4.78 is 44.3. The van der Waals surface area contributed by atoms with Crippen LogP contribution in [-0.4, -0.2) is 31.6 Å². The van der Waals surface area contributed by atoms with Gasteiger partial charge in [0.1, 0.15) is 17.2 Å². The molecule has 0 spiro atoms. The molecule has 0 aliphatic carbocycles. The van der Waals surface area contributed by atoms with E-state index in [4.69, 9.17) is 0 Å². The first kappa shape index (κ1) is 24.3. The number of hydrogen-bond donors (Lipinski definition) is 2. The summed E-state index contributed by atoms with van der Waals surface area (Å²) >= 11 is 2.97. The third-order valence-corrected chi connectivity index (χ3v) is 4.98. The van der Waals surface area contributed by atoms with Gasteiger partial charge in [0.15, 0.2) is 5.82 Å². The SMILES string of the molecule is CC(C)(O)c1ncc(-c2ccc([N+](=O)[O-])c(NCc3c(OC(F)F)ccc(Br)c3F)n2)cn1. The molecule has 2 heterocycles. The van der Waals surface area contributed by atoms with Gasteiger partial charge in [-0.05, 0) is 48.0 Å². The molecule has 0 radical (unpaired) electrons. The Morgan fingerprint density at radius 3 is 2.48 bits per heavy atom. The number of halogens is 4. The number of benzene rings is 1. The van der Waals surface area contributed by atoms with Crippen molar-refractivity contribution < 1.29 is 27.9 Å². The number of nitrogens with zero attached hydrogens (tertiary/aromatic N) is 4. The summed E-state index contributed by atoms with van der Waals surface area (Å²) in [5.41, 5.74) is -1.30. The Morgan fingerprint density at radius 2 is 1.91 bits per heavy atom. The van der Waals surface area contributed by atoms with Gasteiger partial charge in [-0.2, -0.15) is 8.78 Å². The second kappa shape index (κ2) is 9.67. The van der Waals surface area contributed by atoms with E-state index in [1.165, 1.54) is 44.4 Å². The highest BCUT2D eigenvalue weighted by molar-refractivity contribution is 9.10. The van der Waals surface area contributed by atoms with Crippen LogP contribution in [0.2, 0.25) is 0 Å². The molecule has 0 atom stereocenters. The van der Waals surface area contributed by atoms with E-state index in [1.54, 1.807) is 0 Å². The molecule has 2 N–H and O–H groups in total. The summed E-state index contributed by atoms with van der Waals surface area (Å²) in [7, 11) is 0. The van der Waals surface area contributed by atoms with Gasteiger partial charge in [-0.1, -0.05) is 0 Å². The average molecular weight is 528 g/mol. The average Bonchev–Trinajstić information content (AvgIpc) is 2.75. The van der Waals surface area contributed by atoms with E-state index in [2.05, 4.69) is 40.9 Å². The van der Waals surface area contributed by atoms with Crippen LogP contribution < -0.4 is 10.1 Å². The van der Waals surface area contributed by atoms with E-state index in [0.29, 0.717) is 5.56 Å². The topological polar surface area (TPSA) is 123 Å². The number of aliphatic hydroxyl groups is 1. The molecule has 0 fully saturated rings. The molecule has 3 aromatic rings.